The summed E-state index contributed by atoms with van der Waals surface area (Å²) >= 11 is 1.42. The van der Waals surface area contributed by atoms with E-state index in [1.807, 2.05) is 30.3 Å². The van der Waals surface area contributed by atoms with E-state index >= 15 is 0 Å². The van der Waals surface area contributed by atoms with E-state index < -0.39 is 4.92 Å². The van der Waals surface area contributed by atoms with Gasteiger partial charge in [0.15, 0.2) is 0 Å². The smallest absolute Gasteiger partial charge is 0.270 e. The molecule has 2 unspecified atom stereocenters. The van der Waals surface area contributed by atoms with Crippen molar-refractivity contribution in [2.75, 3.05) is 6.54 Å². The number of nitrogens with two attached hydrogens (primary N) is 1. The van der Waals surface area contributed by atoms with Crippen LogP contribution in [-0.4, -0.2) is 23.4 Å². The highest BCUT2D eigenvalue weighted by molar-refractivity contribution is 7.99. The van der Waals surface area contributed by atoms with Gasteiger partial charge in [-0.3, -0.25) is 14.9 Å². The fourth-order valence-electron chi connectivity index (χ4n) is 3.27. The van der Waals surface area contributed by atoms with Gasteiger partial charge in [0.05, 0.1) is 10.5 Å². The van der Waals surface area contributed by atoms with Crippen molar-refractivity contribution in [3.05, 3.63) is 64.2 Å². The summed E-state index contributed by atoms with van der Waals surface area (Å²) in [4.78, 5) is 25.2. The predicted octanol–water partition coefficient (Wildman–Crippen LogP) is 4.03. The second-order valence-electron chi connectivity index (χ2n) is 6.36. The summed E-state index contributed by atoms with van der Waals surface area (Å²) in [6, 6.07) is 14.1. The van der Waals surface area contributed by atoms with Crippen molar-refractivity contribution in [3.8, 4) is 0 Å². The highest BCUT2D eigenvalue weighted by Gasteiger charge is 2.28. The molecule has 0 bridgehead atoms. The van der Waals surface area contributed by atoms with E-state index in [9.17, 15) is 14.9 Å². The van der Waals surface area contributed by atoms with Gasteiger partial charge in [0.1, 0.15) is 0 Å². The van der Waals surface area contributed by atoms with Crippen molar-refractivity contribution in [2.24, 2.45) is 11.7 Å². The maximum atomic E-state index is 12.9. The van der Waals surface area contributed by atoms with Crippen LogP contribution in [0.15, 0.2) is 58.3 Å². The Hall–Kier alpha value is -2.09. The molecule has 0 radical (unpaired) electrons. The lowest BCUT2D eigenvalue weighted by Crippen LogP contribution is -2.40. The lowest BCUT2D eigenvalue weighted by Gasteiger charge is -2.20. The van der Waals surface area contributed by atoms with Gasteiger partial charge in [0, 0.05) is 28.0 Å². The molecule has 2 aromatic carbocycles. The van der Waals surface area contributed by atoms with E-state index in [0.29, 0.717) is 17.0 Å². The Morgan fingerprint density at radius 2 is 1.96 bits per heavy atom. The van der Waals surface area contributed by atoms with Gasteiger partial charge in [-0.15, -0.1) is 12.4 Å². The Morgan fingerprint density at radius 3 is 2.63 bits per heavy atom. The van der Waals surface area contributed by atoms with Crippen molar-refractivity contribution in [1.82, 2.24) is 5.32 Å². The number of halogens is 1. The van der Waals surface area contributed by atoms with Crippen molar-refractivity contribution in [2.45, 2.75) is 35.1 Å². The standard InChI is InChI=1S/C19H21N3O3S.ClH/c20-12-13-5-4-8-17(13)21-19(23)16-11-14(22(24)25)9-10-18(16)26-15-6-2-1-3-7-15;/h1-3,6-7,9-11,13,17H,4-5,8,12,20H2,(H,21,23);1H. The van der Waals surface area contributed by atoms with E-state index in [0.717, 1.165) is 24.2 Å². The van der Waals surface area contributed by atoms with Gasteiger partial charge in [-0.05, 0) is 43.5 Å². The molecule has 0 aliphatic heterocycles. The maximum Gasteiger partial charge on any atom is 0.270 e. The van der Waals surface area contributed by atoms with E-state index in [-0.39, 0.29) is 36.0 Å². The largest absolute Gasteiger partial charge is 0.349 e. The average Bonchev–Trinajstić information content (AvgIpc) is 3.09. The Labute approximate surface area is 168 Å². The van der Waals surface area contributed by atoms with Crippen LogP contribution < -0.4 is 11.1 Å². The third-order valence-electron chi connectivity index (χ3n) is 4.67. The molecule has 2 atom stereocenters. The zero-order chi connectivity index (χ0) is 18.5. The molecule has 0 aromatic heterocycles. The number of carbonyl (C=O) groups is 1. The number of nitro groups is 1. The fourth-order valence-corrected chi connectivity index (χ4v) is 4.21. The van der Waals surface area contributed by atoms with Crippen molar-refractivity contribution in [1.29, 1.82) is 0 Å². The van der Waals surface area contributed by atoms with E-state index in [2.05, 4.69) is 5.32 Å². The number of carbonyl (C=O) groups excluding carboxylic acids is 1. The number of non-ortho nitro benzene ring substituents is 1. The van der Waals surface area contributed by atoms with Crippen LogP contribution in [0.2, 0.25) is 0 Å². The molecule has 1 amide bonds. The predicted molar refractivity (Wildman–Crippen MR) is 109 cm³/mol. The maximum absolute atomic E-state index is 12.9. The molecule has 144 valence electrons. The van der Waals surface area contributed by atoms with Crippen molar-refractivity contribution >= 4 is 35.8 Å². The van der Waals surface area contributed by atoms with Crippen LogP contribution in [0.3, 0.4) is 0 Å². The van der Waals surface area contributed by atoms with Gasteiger partial charge in [0.25, 0.3) is 11.6 Å². The minimum absolute atomic E-state index is 0. The fraction of sp³-hybridized carbons (Fsp3) is 0.316. The number of hydrogen-bond donors (Lipinski definition) is 2. The first-order valence-corrected chi connectivity index (χ1v) is 9.42. The average molecular weight is 408 g/mol. The first-order chi connectivity index (χ1) is 12.6. The lowest BCUT2D eigenvalue weighted by atomic mass is 10.0. The molecule has 0 heterocycles. The quantitative estimate of drug-likeness (QED) is 0.556. The van der Waals surface area contributed by atoms with E-state index in [1.54, 1.807) is 6.07 Å². The molecule has 8 heteroatoms. The summed E-state index contributed by atoms with van der Waals surface area (Å²) in [5.74, 6) is -0.0136. The summed E-state index contributed by atoms with van der Waals surface area (Å²) < 4.78 is 0. The lowest BCUT2D eigenvalue weighted by molar-refractivity contribution is -0.384. The molecule has 0 spiro atoms. The highest BCUT2D eigenvalue weighted by atomic mass is 35.5. The second kappa shape index (κ2) is 9.73. The Bertz CT molecular complexity index is 804. The topological polar surface area (TPSA) is 98.3 Å². The minimum atomic E-state index is -0.480. The molecule has 3 N–H and O–H groups in total. The zero-order valence-corrected chi connectivity index (χ0v) is 16.3. The van der Waals surface area contributed by atoms with Crippen LogP contribution >= 0.6 is 24.2 Å². The van der Waals surface area contributed by atoms with Crippen LogP contribution in [-0.2, 0) is 0 Å². The molecule has 1 aliphatic carbocycles. The number of nitrogens with one attached hydrogen (secondary N) is 1. The molecule has 27 heavy (non-hydrogen) atoms. The Balaban J connectivity index is 0.00000261. The molecule has 2 aromatic rings. The second-order valence-corrected chi connectivity index (χ2v) is 7.47. The summed E-state index contributed by atoms with van der Waals surface area (Å²) in [7, 11) is 0. The number of rotatable bonds is 6. The van der Waals surface area contributed by atoms with Gasteiger partial charge in [0.2, 0.25) is 0 Å². The van der Waals surface area contributed by atoms with Crippen molar-refractivity contribution in [3.63, 3.8) is 0 Å². The number of hydrogen-bond acceptors (Lipinski definition) is 5. The Kier molecular flexibility index (Phi) is 7.65. The Morgan fingerprint density at radius 1 is 1.22 bits per heavy atom. The van der Waals surface area contributed by atoms with E-state index in [1.165, 1.54) is 23.9 Å². The minimum Gasteiger partial charge on any atom is -0.349 e. The van der Waals surface area contributed by atoms with E-state index in [4.69, 9.17) is 5.73 Å². The van der Waals surface area contributed by atoms with Gasteiger partial charge in [-0.2, -0.15) is 0 Å². The number of amides is 1. The summed E-state index contributed by atoms with van der Waals surface area (Å²) in [5, 5.41) is 14.2. The zero-order valence-electron chi connectivity index (χ0n) is 14.7. The van der Waals surface area contributed by atoms with Crippen LogP contribution in [0.1, 0.15) is 29.6 Å². The highest BCUT2D eigenvalue weighted by Crippen LogP contribution is 2.33. The monoisotopic (exact) mass is 407 g/mol. The molecular formula is C19H22ClN3O3S. The first-order valence-electron chi connectivity index (χ1n) is 8.60. The molecular weight excluding hydrogens is 386 g/mol. The van der Waals surface area contributed by atoms with Crippen LogP contribution in [0.25, 0.3) is 0 Å². The van der Waals surface area contributed by atoms with Crippen LogP contribution in [0, 0.1) is 16.0 Å². The van der Waals surface area contributed by atoms with Crippen molar-refractivity contribution < 1.29 is 9.72 Å². The summed E-state index contributed by atoms with van der Waals surface area (Å²) in [6.45, 7) is 0.533. The SMILES string of the molecule is Cl.NCC1CCCC1NC(=O)c1cc([N+](=O)[O-])ccc1Sc1ccccc1. The number of benzene rings is 2. The molecule has 6 nitrogen and oxygen atoms in total. The number of nitrogens with zero attached hydrogens (tertiary/aromatic N) is 1. The molecule has 0 saturated heterocycles. The van der Waals surface area contributed by atoms with Gasteiger partial charge >= 0.3 is 0 Å². The van der Waals surface area contributed by atoms with Gasteiger partial charge < -0.3 is 11.1 Å². The molecule has 1 aliphatic rings. The number of nitro benzene ring substituents is 1. The molecule has 3 rings (SSSR count). The molecule has 1 fully saturated rings. The summed E-state index contributed by atoms with van der Waals surface area (Å²) in [5.41, 5.74) is 6.03. The normalized spacial score (nSPS) is 18.6. The van der Waals surface area contributed by atoms with Crippen LogP contribution in [0.5, 0.6) is 0 Å². The third kappa shape index (κ3) is 5.22. The first kappa shape index (κ1) is 21.2. The van der Waals surface area contributed by atoms with Crippen LogP contribution in [0.4, 0.5) is 5.69 Å². The van der Waals surface area contributed by atoms with Gasteiger partial charge in [-0.1, -0.05) is 36.4 Å². The third-order valence-corrected chi connectivity index (χ3v) is 5.75. The van der Waals surface area contributed by atoms with Gasteiger partial charge in [-0.25, -0.2) is 0 Å². The summed E-state index contributed by atoms with van der Waals surface area (Å²) in [6.07, 6.45) is 2.93. The molecule has 1 saturated carbocycles.